The number of hydrogen-bond acceptors (Lipinski definition) is 6. The molecular weight excluding hydrogens is 362 g/mol. The van der Waals surface area contributed by atoms with Crippen molar-refractivity contribution in [2.45, 2.75) is 31.8 Å². The number of rotatable bonds is 6. The quantitative estimate of drug-likeness (QED) is 0.585. The zero-order valence-electron chi connectivity index (χ0n) is 15.4. The predicted octanol–water partition coefficient (Wildman–Crippen LogP) is 3.43. The molecule has 146 valence electrons. The highest BCUT2D eigenvalue weighted by Gasteiger charge is 2.26. The first-order valence-corrected chi connectivity index (χ1v) is 9.26. The first-order chi connectivity index (χ1) is 13.5. The number of carbonyl (C=O) groups excluding carboxylic acids is 1. The SMILES string of the molecule is CC(NC(=O)c1ccc(NC2CC2)c([N+](=O)[O-])c1)c1ccc2c(c1)OCCO2. The number of nitro groups is 1. The fourth-order valence-corrected chi connectivity index (χ4v) is 3.09. The van der Waals surface area contributed by atoms with E-state index in [1.165, 1.54) is 6.07 Å². The number of hydrogen-bond donors (Lipinski definition) is 2. The normalized spacial score (nSPS) is 16.2. The Kier molecular flexibility index (Phi) is 4.77. The van der Waals surface area contributed by atoms with E-state index in [2.05, 4.69) is 10.6 Å². The highest BCUT2D eigenvalue weighted by molar-refractivity contribution is 5.96. The summed E-state index contributed by atoms with van der Waals surface area (Å²) in [6.07, 6.45) is 2.01. The Morgan fingerprint density at radius 3 is 2.61 bits per heavy atom. The lowest BCUT2D eigenvalue weighted by Gasteiger charge is -2.21. The number of fused-ring (bicyclic) bond motifs is 1. The van der Waals surface area contributed by atoms with Crippen LogP contribution in [0.25, 0.3) is 0 Å². The summed E-state index contributed by atoms with van der Waals surface area (Å²) in [5.41, 5.74) is 1.46. The van der Waals surface area contributed by atoms with Gasteiger partial charge in [0.2, 0.25) is 0 Å². The Hall–Kier alpha value is -3.29. The smallest absolute Gasteiger partial charge is 0.293 e. The molecule has 0 saturated heterocycles. The third kappa shape index (κ3) is 3.85. The molecule has 8 nitrogen and oxygen atoms in total. The van der Waals surface area contributed by atoms with Crippen LogP contribution < -0.4 is 20.1 Å². The number of anilines is 1. The number of nitrogens with zero attached hydrogens (tertiary/aromatic N) is 1. The van der Waals surface area contributed by atoms with Crippen molar-refractivity contribution in [3.8, 4) is 11.5 Å². The van der Waals surface area contributed by atoms with Crippen LogP contribution in [0, 0.1) is 10.1 Å². The number of nitrogens with one attached hydrogen (secondary N) is 2. The first kappa shape index (κ1) is 18.1. The van der Waals surface area contributed by atoms with E-state index in [1.54, 1.807) is 12.1 Å². The van der Waals surface area contributed by atoms with E-state index < -0.39 is 4.92 Å². The molecule has 8 heteroatoms. The fourth-order valence-electron chi connectivity index (χ4n) is 3.09. The van der Waals surface area contributed by atoms with Crippen molar-refractivity contribution < 1.29 is 19.2 Å². The molecule has 0 bridgehead atoms. The molecule has 0 radical (unpaired) electrons. The standard InChI is InChI=1S/C20H21N3O5/c1-12(13-3-7-18-19(11-13)28-9-8-27-18)21-20(24)14-2-6-16(22-15-4-5-15)17(10-14)23(25)26/h2-3,6-7,10-12,15,22H,4-5,8-9H2,1H3,(H,21,24). The van der Waals surface area contributed by atoms with Gasteiger partial charge in [0.25, 0.3) is 11.6 Å². The van der Waals surface area contributed by atoms with Gasteiger partial charge in [-0.25, -0.2) is 0 Å². The van der Waals surface area contributed by atoms with Crippen LogP contribution in [-0.4, -0.2) is 30.1 Å². The van der Waals surface area contributed by atoms with E-state index in [-0.39, 0.29) is 29.2 Å². The molecule has 2 N–H and O–H groups in total. The van der Waals surface area contributed by atoms with Crippen LogP contribution in [0.4, 0.5) is 11.4 Å². The van der Waals surface area contributed by atoms with Crippen molar-refractivity contribution in [3.63, 3.8) is 0 Å². The summed E-state index contributed by atoms with van der Waals surface area (Å²) in [5.74, 6) is 0.961. The maximum atomic E-state index is 12.6. The van der Waals surface area contributed by atoms with Crippen molar-refractivity contribution in [1.29, 1.82) is 0 Å². The second-order valence-electron chi connectivity index (χ2n) is 7.01. The van der Waals surface area contributed by atoms with E-state index in [0.29, 0.717) is 30.4 Å². The molecule has 2 aromatic carbocycles. The molecule has 1 aliphatic carbocycles. The first-order valence-electron chi connectivity index (χ1n) is 9.26. The average molecular weight is 383 g/mol. The zero-order valence-corrected chi connectivity index (χ0v) is 15.4. The van der Waals surface area contributed by atoms with Crippen LogP contribution in [0.5, 0.6) is 11.5 Å². The molecule has 4 rings (SSSR count). The van der Waals surface area contributed by atoms with Gasteiger partial charge in [0.15, 0.2) is 11.5 Å². The monoisotopic (exact) mass is 383 g/mol. The number of ether oxygens (including phenoxy) is 2. The van der Waals surface area contributed by atoms with Gasteiger partial charge < -0.3 is 20.1 Å². The fraction of sp³-hybridized carbons (Fsp3) is 0.350. The molecule has 1 heterocycles. The van der Waals surface area contributed by atoms with Gasteiger partial charge in [0, 0.05) is 17.7 Å². The van der Waals surface area contributed by atoms with Crippen LogP contribution in [0.1, 0.15) is 41.7 Å². The molecule has 1 unspecified atom stereocenters. The van der Waals surface area contributed by atoms with E-state index in [1.807, 2.05) is 25.1 Å². The minimum absolute atomic E-state index is 0.0912. The van der Waals surface area contributed by atoms with Crippen molar-refractivity contribution in [1.82, 2.24) is 5.32 Å². The molecule has 28 heavy (non-hydrogen) atoms. The Morgan fingerprint density at radius 2 is 1.89 bits per heavy atom. The Morgan fingerprint density at radius 1 is 1.14 bits per heavy atom. The summed E-state index contributed by atoms with van der Waals surface area (Å²) >= 11 is 0. The maximum absolute atomic E-state index is 12.6. The molecule has 0 aromatic heterocycles. The summed E-state index contributed by atoms with van der Waals surface area (Å²) < 4.78 is 11.1. The number of amides is 1. The average Bonchev–Trinajstić information content (AvgIpc) is 3.51. The molecular formula is C20H21N3O5. The van der Waals surface area contributed by atoms with Gasteiger partial charge in [-0.2, -0.15) is 0 Å². The topological polar surface area (TPSA) is 103 Å². The van der Waals surface area contributed by atoms with Gasteiger partial charge in [-0.3, -0.25) is 14.9 Å². The van der Waals surface area contributed by atoms with Crippen LogP contribution in [0.2, 0.25) is 0 Å². The predicted molar refractivity (Wildman–Crippen MR) is 103 cm³/mol. The van der Waals surface area contributed by atoms with Crippen LogP contribution in [0.3, 0.4) is 0 Å². The van der Waals surface area contributed by atoms with Gasteiger partial charge in [-0.15, -0.1) is 0 Å². The van der Waals surface area contributed by atoms with Gasteiger partial charge in [0.05, 0.1) is 11.0 Å². The van der Waals surface area contributed by atoms with E-state index in [9.17, 15) is 14.9 Å². The summed E-state index contributed by atoms with van der Waals surface area (Å²) in [7, 11) is 0. The number of carbonyl (C=O) groups is 1. The minimum atomic E-state index is -0.467. The molecule has 1 amide bonds. The molecule has 1 atom stereocenters. The largest absolute Gasteiger partial charge is 0.486 e. The second-order valence-corrected chi connectivity index (χ2v) is 7.01. The molecule has 2 aromatic rings. The van der Waals surface area contributed by atoms with Crippen molar-refractivity contribution in [2.24, 2.45) is 0 Å². The second kappa shape index (κ2) is 7.38. The molecule has 1 saturated carbocycles. The van der Waals surface area contributed by atoms with Gasteiger partial charge in [0.1, 0.15) is 18.9 Å². The number of nitro benzene ring substituents is 1. The molecule has 0 spiro atoms. The Balaban J connectivity index is 1.49. The third-order valence-corrected chi connectivity index (χ3v) is 4.81. The lowest BCUT2D eigenvalue weighted by Crippen LogP contribution is -2.27. The highest BCUT2D eigenvalue weighted by atomic mass is 16.6. The van der Waals surface area contributed by atoms with E-state index in [0.717, 1.165) is 18.4 Å². The van der Waals surface area contributed by atoms with Crippen molar-refractivity contribution in [3.05, 3.63) is 57.6 Å². The highest BCUT2D eigenvalue weighted by Crippen LogP contribution is 2.33. The van der Waals surface area contributed by atoms with Gasteiger partial charge >= 0.3 is 0 Å². The summed E-state index contributed by atoms with van der Waals surface area (Å²) in [6, 6.07) is 10.0. The summed E-state index contributed by atoms with van der Waals surface area (Å²) in [6.45, 7) is 2.85. The summed E-state index contributed by atoms with van der Waals surface area (Å²) in [5, 5.41) is 17.4. The van der Waals surface area contributed by atoms with Gasteiger partial charge in [-0.05, 0) is 49.6 Å². The molecule has 1 aliphatic heterocycles. The lowest BCUT2D eigenvalue weighted by atomic mass is 10.1. The van der Waals surface area contributed by atoms with Crippen molar-refractivity contribution in [2.75, 3.05) is 18.5 Å². The Labute approximate surface area is 162 Å². The molecule has 2 aliphatic rings. The van der Waals surface area contributed by atoms with Crippen LogP contribution in [-0.2, 0) is 0 Å². The maximum Gasteiger partial charge on any atom is 0.293 e. The van der Waals surface area contributed by atoms with E-state index >= 15 is 0 Å². The summed E-state index contributed by atoms with van der Waals surface area (Å²) in [4.78, 5) is 23.5. The van der Waals surface area contributed by atoms with Crippen LogP contribution >= 0.6 is 0 Å². The molecule has 1 fully saturated rings. The third-order valence-electron chi connectivity index (χ3n) is 4.81. The van der Waals surface area contributed by atoms with Gasteiger partial charge in [-0.1, -0.05) is 6.07 Å². The van der Waals surface area contributed by atoms with E-state index in [4.69, 9.17) is 9.47 Å². The Bertz CT molecular complexity index is 926. The van der Waals surface area contributed by atoms with Crippen LogP contribution in [0.15, 0.2) is 36.4 Å². The lowest BCUT2D eigenvalue weighted by molar-refractivity contribution is -0.384. The van der Waals surface area contributed by atoms with Crippen molar-refractivity contribution >= 4 is 17.3 Å². The minimum Gasteiger partial charge on any atom is -0.486 e. The number of benzene rings is 2. The zero-order chi connectivity index (χ0) is 19.7.